The number of amides is 1. The highest BCUT2D eigenvalue weighted by Crippen LogP contribution is 2.51. The van der Waals surface area contributed by atoms with Crippen LogP contribution in [0.1, 0.15) is 50.3 Å². The van der Waals surface area contributed by atoms with E-state index in [0.717, 1.165) is 29.7 Å². The Kier molecular flexibility index (Phi) is 3.57. The molecule has 0 radical (unpaired) electrons. The molecule has 0 spiro atoms. The van der Waals surface area contributed by atoms with Gasteiger partial charge in [0.25, 0.3) is 5.91 Å². The van der Waals surface area contributed by atoms with Gasteiger partial charge in [-0.05, 0) is 50.0 Å². The zero-order chi connectivity index (χ0) is 17.6. The number of hydrogen-bond donors (Lipinski definition) is 0. The van der Waals surface area contributed by atoms with Gasteiger partial charge in [0, 0.05) is 11.1 Å². The first-order valence-electron chi connectivity index (χ1n) is 8.18. The second kappa shape index (κ2) is 5.35. The normalized spacial score (nSPS) is 21.1. The molecular weight excluding hydrogens is 298 g/mol. The second-order valence-electron chi connectivity index (χ2n) is 6.56. The van der Waals surface area contributed by atoms with Gasteiger partial charge in [-0.3, -0.25) is 9.69 Å². The van der Waals surface area contributed by atoms with Gasteiger partial charge in [0.1, 0.15) is 17.7 Å². The average molecular weight is 317 g/mol. The highest BCUT2D eigenvalue weighted by Gasteiger charge is 2.47. The summed E-state index contributed by atoms with van der Waals surface area (Å²) in [6, 6.07) is 7.79. The lowest BCUT2D eigenvalue weighted by atomic mass is 9.84. The molecule has 1 aromatic carbocycles. The lowest BCUT2D eigenvalue weighted by molar-refractivity contribution is -0.113. The smallest absolute Gasteiger partial charge is 0.261 e. The minimum atomic E-state index is -0.447. The summed E-state index contributed by atoms with van der Waals surface area (Å²) >= 11 is 0. The van der Waals surface area contributed by atoms with Crippen molar-refractivity contribution in [3.63, 3.8) is 0 Å². The molecule has 120 valence electrons. The topological polar surface area (TPSA) is 67.9 Å². The summed E-state index contributed by atoms with van der Waals surface area (Å²) in [5.74, 6) is -0.245. The summed E-state index contributed by atoms with van der Waals surface area (Å²) in [5, 5.41) is 18.6. The third-order valence-corrected chi connectivity index (χ3v) is 5.08. The van der Waals surface area contributed by atoms with Crippen molar-refractivity contribution < 1.29 is 4.79 Å². The van der Waals surface area contributed by atoms with E-state index in [2.05, 4.69) is 19.1 Å². The monoisotopic (exact) mass is 317 g/mol. The second-order valence-corrected chi connectivity index (χ2v) is 6.56. The standard InChI is InChI=1S/C20H19N3O/c1-5-13-9-20(4,6-2)23-18-15(13)7-12(3)8-16(18)17(19(23)24)14(10-21)11-22/h7-9H,5-6H2,1-4H3/t20-/m0/s1. The molecule has 2 aliphatic heterocycles. The zero-order valence-electron chi connectivity index (χ0n) is 14.4. The maximum Gasteiger partial charge on any atom is 0.261 e. The first kappa shape index (κ1) is 16.0. The lowest BCUT2D eigenvalue weighted by Gasteiger charge is -2.41. The highest BCUT2D eigenvalue weighted by atomic mass is 16.2. The lowest BCUT2D eigenvalue weighted by Crippen LogP contribution is -2.48. The quantitative estimate of drug-likeness (QED) is 0.608. The number of hydrogen-bond acceptors (Lipinski definition) is 3. The zero-order valence-corrected chi connectivity index (χ0v) is 14.4. The Morgan fingerprint density at radius 1 is 1.21 bits per heavy atom. The van der Waals surface area contributed by atoms with Gasteiger partial charge >= 0.3 is 0 Å². The number of benzene rings is 1. The van der Waals surface area contributed by atoms with E-state index < -0.39 is 5.54 Å². The van der Waals surface area contributed by atoms with E-state index in [4.69, 9.17) is 0 Å². The molecule has 0 fully saturated rings. The van der Waals surface area contributed by atoms with Crippen molar-refractivity contribution in [3.8, 4) is 12.1 Å². The highest BCUT2D eigenvalue weighted by molar-refractivity contribution is 6.36. The van der Waals surface area contributed by atoms with Crippen LogP contribution < -0.4 is 4.90 Å². The Balaban J connectivity index is 2.46. The van der Waals surface area contributed by atoms with E-state index in [1.165, 1.54) is 5.57 Å². The van der Waals surface area contributed by atoms with Crippen LogP contribution in [0.15, 0.2) is 23.8 Å². The number of aryl methyl sites for hydroxylation is 1. The van der Waals surface area contributed by atoms with Gasteiger partial charge in [0.05, 0.1) is 16.8 Å². The Bertz CT molecular complexity index is 892. The number of anilines is 1. The van der Waals surface area contributed by atoms with Crippen molar-refractivity contribution in [1.82, 2.24) is 0 Å². The van der Waals surface area contributed by atoms with Crippen LogP contribution in [0.3, 0.4) is 0 Å². The van der Waals surface area contributed by atoms with Crippen molar-refractivity contribution in [3.05, 3.63) is 40.5 Å². The number of nitriles is 2. The average Bonchev–Trinajstić information content (AvgIpc) is 2.86. The molecule has 0 bridgehead atoms. The molecular formula is C20H19N3O. The summed E-state index contributed by atoms with van der Waals surface area (Å²) in [5.41, 5.74) is 4.52. The van der Waals surface area contributed by atoms with Gasteiger partial charge in [0.15, 0.2) is 0 Å². The third kappa shape index (κ3) is 1.93. The fourth-order valence-corrected chi connectivity index (χ4v) is 3.72. The van der Waals surface area contributed by atoms with E-state index in [0.29, 0.717) is 5.56 Å². The molecule has 1 atom stereocenters. The number of carbonyl (C=O) groups is 1. The molecule has 3 rings (SSSR count). The van der Waals surface area contributed by atoms with Crippen LogP contribution in [-0.2, 0) is 4.79 Å². The molecule has 0 saturated carbocycles. The molecule has 24 heavy (non-hydrogen) atoms. The predicted octanol–water partition coefficient (Wildman–Crippen LogP) is 4.12. The van der Waals surface area contributed by atoms with Crippen molar-refractivity contribution >= 4 is 22.7 Å². The number of nitrogens with zero attached hydrogens (tertiary/aromatic N) is 3. The SMILES string of the molecule is CCC1=C[C@](C)(CC)N2C(=O)C(=C(C#N)C#N)c3cc(C)cc1c32. The van der Waals surface area contributed by atoms with Gasteiger partial charge in [-0.2, -0.15) is 10.5 Å². The van der Waals surface area contributed by atoms with E-state index in [1.54, 1.807) is 4.90 Å². The molecule has 4 heteroatoms. The summed E-state index contributed by atoms with van der Waals surface area (Å²) < 4.78 is 0. The van der Waals surface area contributed by atoms with Crippen molar-refractivity contribution in [2.24, 2.45) is 0 Å². The molecule has 0 unspecified atom stereocenters. The summed E-state index contributed by atoms with van der Waals surface area (Å²) in [6.45, 7) is 8.16. The van der Waals surface area contributed by atoms with Crippen LogP contribution >= 0.6 is 0 Å². The number of allylic oxidation sites excluding steroid dienone is 2. The fraction of sp³-hybridized carbons (Fsp3) is 0.350. The first-order chi connectivity index (χ1) is 11.4. The van der Waals surface area contributed by atoms with E-state index in [-0.39, 0.29) is 17.1 Å². The summed E-state index contributed by atoms with van der Waals surface area (Å²) in [4.78, 5) is 14.9. The Hall–Kier alpha value is -2.85. The Morgan fingerprint density at radius 2 is 1.83 bits per heavy atom. The van der Waals surface area contributed by atoms with Crippen molar-refractivity contribution in [1.29, 1.82) is 10.5 Å². The van der Waals surface area contributed by atoms with Crippen LogP contribution in [-0.4, -0.2) is 11.4 Å². The van der Waals surface area contributed by atoms with E-state index in [9.17, 15) is 15.3 Å². The predicted molar refractivity (Wildman–Crippen MR) is 93.8 cm³/mol. The molecule has 0 aliphatic carbocycles. The Morgan fingerprint density at radius 3 is 2.38 bits per heavy atom. The minimum absolute atomic E-state index is 0.112. The van der Waals surface area contributed by atoms with Crippen LogP contribution in [0, 0.1) is 29.6 Å². The van der Waals surface area contributed by atoms with Gasteiger partial charge < -0.3 is 0 Å². The number of carbonyl (C=O) groups excluding carboxylic acids is 1. The van der Waals surface area contributed by atoms with E-state index >= 15 is 0 Å². The van der Waals surface area contributed by atoms with E-state index in [1.807, 2.05) is 39.0 Å². The molecule has 4 nitrogen and oxygen atoms in total. The van der Waals surface area contributed by atoms with Crippen molar-refractivity contribution in [2.75, 3.05) is 4.90 Å². The van der Waals surface area contributed by atoms with Crippen LogP contribution in [0.5, 0.6) is 0 Å². The van der Waals surface area contributed by atoms with Crippen LogP contribution in [0.25, 0.3) is 11.1 Å². The minimum Gasteiger partial charge on any atom is -0.298 e. The molecule has 0 N–H and O–H groups in total. The molecule has 2 heterocycles. The fourth-order valence-electron chi connectivity index (χ4n) is 3.72. The van der Waals surface area contributed by atoms with Crippen LogP contribution in [0.4, 0.5) is 5.69 Å². The van der Waals surface area contributed by atoms with Gasteiger partial charge in [-0.1, -0.05) is 19.9 Å². The molecule has 1 amide bonds. The third-order valence-electron chi connectivity index (χ3n) is 5.08. The van der Waals surface area contributed by atoms with Gasteiger partial charge in [0.2, 0.25) is 0 Å². The molecule has 0 saturated heterocycles. The molecule has 2 aliphatic rings. The first-order valence-corrected chi connectivity index (χ1v) is 8.18. The largest absolute Gasteiger partial charge is 0.298 e. The maximum absolute atomic E-state index is 13.2. The van der Waals surface area contributed by atoms with Gasteiger partial charge in [-0.15, -0.1) is 0 Å². The maximum atomic E-state index is 13.2. The Labute approximate surface area is 142 Å². The summed E-state index contributed by atoms with van der Waals surface area (Å²) in [6.07, 6.45) is 3.80. The van der Waals surface area contributed by atoms with Gasteiger partial charge in [-0.25, -0.2) is 0 Å². The van der Waals surface area contributed by atoms with Crippen molar-refractivity contribution in [2.45, 2.75) is 46.1 Å². The molecule has 0 aromatic heterocycles. The van der Waals surface area contributed by atoms with Crippen LogP contribution in [0.2, 0.25) is 0 Å². The number of rotatable bonds is 2. The molecule has 1 aromatic rings. The summed E-state index contributed by atoms with van der Waals surface area (Å²) in [7, 11) is 0.